The zero-order valence-corrected chi connectivity index (χ0v) is 70.5. The Morgan fingerprint density at radius 3 is 0.771 bits per heavy atom. The van der Waals surface area contributed by atoms with Crippen LogP contribution in [0, 0.1) is 17.8 Å². The van der Waals surface area contributed by atoms with Crippen LogP contribution in [0.5, 0.6) is 0 Å². The SMILES string of the molecule is CCCCCC/C=C\C=C/CCCCCCCC(=O)O[C@H](COC(=O)CCCCCCCCCCCC(C)C)COP(=O)(O)OC[C@H](O)COP(=O)(O)OC[C@@H](COC(=O)CCCCCCCCCCCCCCCCC(C)C)OC(=O)CCCCCCCCCCCCCCCCCCCCC(C)C. The van der Waals surface area contributed by atoms with E-state index < -0.39 is 97.5 Å². The first kappa shape index (κ1) is 103. The van der Waals surface area contributed by atoms with E-state index in [4.69, 9.17) is 37.0 Å². The van der Waals surface area contributed by atoms with Crippen LogP contribution in [-0.2, 0) is 65.4 Å². The molecule has 0 spiro atoms. The van der Waals surface area contributed by atoms with Crippen LogP contribution >= 0.6 is 15.6 Å². The fraction of sp³-hybridized carbons (Fsp3) is 0.907. The van der Waals surface area contributed by atoms with Crippen LogP contribution in [0.2, 0.25) is 0 Å². The van der Waals surface area contributed by atoms with Crippen LogP contribution in [0.15, 0.2) is 24.3 Å². The number of carbonyl (C=O) groups excluding carboxylic acids is 4. The van der Waals surface area contributed by atoms with E-state index >= 15 is 0 Å². The third-order valence-corrected chi connectivity index (χ3v) is 21.4. The number of ether oxygens (including phenoxy) is 4. The molecule has 0 aromatic rings. The third kappa shape index (κ3) is 79.4. The van der Waals surface area contributed by atoms with E-state index in [9.17, 15) is 43.2 Å². The third-order valence-electron chi connectivity index (χ3n) is 19.5. The van der Waals surface area contributed by atoms with E-state index in [0.717, 1.165) is 120 Å². The Kier molecular flexibility index (Phi) is 73.8. The second-order valence-corrected chi connectivity index (χ2v) is 34.6. The van der Waals surface area contributed by atoms with Crippen LogP contribution in [0.25, 0.3) is 0 Å². The maximum absolute atomic E-state index is 13.1. The molecule has 0 bridgehead atoms. The van der Waals surface area contributed by atoms with Crippen LogP contribution in [0.3, 0.4) is 0 Å². The maximum Gasteiger partial charge on any atom is 0.472 e. The van der Waals surface area contributed by atoms with Gasteiger partial charge in [0.15, 0.2) is 12.2 Å². The Hall–Kier alpha value is -2.46. The fourth-order valence-electron chi connectivity index (χ4n) is 12.8. The van der Waals surface area contributed by atoms with Crippen molar-refractivity contribution in [1.29, 1.82) is 0 Å². The summed E-state index contributed by atoms with van der Waals surface area (Å²) in [6.07, 6.45) is 68.8. The number of phosphoric ester groups is 2. The summed E-state index contributed by atoms with van der Waals surface area (Å²) >= 11 is 0. The molecule has 0 saturated heterocycles. The van der Waals surface area contributed by atoms with Gasteiger partial charge in [-0.25, -0.2) is 9.13 Å². The number of hydrogen-bond acceptors (Lipinski definition) is 15. The molecule has 19 heteroatoms. The summed E-state index contributed by atoms with van der Waals surface area (Å²) in [6, 6.07) is 0. The molecule has 0 aliphatic heterocycles. The summed E-state index contributed by atoms with van der Waals surface area (Å²) in [4.78, 5) is 73.2. The minimum absolute atomic E-state index is 0.0847. The van der Waals surface area contributed by atoms with Crippen molar-refractivity contribution in [3.8, 4) is 0 Å². The second kappa shape index (κ2) is 75.6. The number of phosphoric acid groups is 2. The highest BCUT2D eigenvalue weighted by Crippen LogP contribution is 2.45. The lowest BCUT2D eigenvalue weighted by atomic mass is 10.0. The normalized spacial score (nSPS) is 14.0. The number of aliphatic hydroxyl groups excluding tert-OH is 1. The smallest absolute Gasteiger partial charge is 0.462 e. The first-order valence-electron chi connectivity index (χ1n) is 43.7. The van der Waals surface area contributed by atoms with Crippen molar-refractivity contribution in [2.75, 3.05) is 39.6 Å². The van der Waals surface area contributed by atoms with Crippen molar-refractivity contribution in [1.82, 2.24) is 0 Å². The van der Waals surface area contributed by atoms with Crippen LogP contribution in [-0.4, -0.2) is 96.7 Å². The van der Waals surface area contributed by atoms with E-state index in [-0.39, 0.29) is 25.7 Å². The predicted octanol–water partition coefficient (Wildman–Crippen LogP) is 25.6. The molecular weight excluding hydrogens is 1370 g/mol. The van der Waals surface area contributed by atoms with Crippen molar-refractivity contribution >= 4 is 39.5 Å². The van der Waals surface area contributed by atoms with Crippen molar-refractivity contribution in [3.05, 3.63) is 24.3 Å². The summed E-state index contributed by atoms with van der Waals surface area (Å²) in [6.45, 7) is 11.9. The van der Waals surface area contributed by atoms with Gasteiger partial charge in [-0.2, -0.15) is 0 Å². The number of rotatable bonds is 82. The molecule has 2 unspecified atom stereocenters. The molecule has 0 amide bonds. The Morgan fingerprint density at radius 2 is 0.514 bits per heavy atom. The number of esters is 4. The number of hydrogen-bond donors (Lipinski definition) is 3. The van der Waals surface area contributed by atoms with E-state index in [2.05, 4.69) is 72.8 Å². The minimum Gasteiger partial charge on any atom is -0.462 e. The summed E-state index contributed by atoms with van der Waals surface area (Å²) in [5.41, 5.74) is 0. The molecule has 5 atom stereocenters. The molecule has 0 heterocycles. The standard InChI is InChI=1S/C86H164O17P2/c1-8-9-10-11-12-13-14-15-20-28-33-40-48-55-62-69-85(90)103-82(74-97-84(89)68-61-54-47-42-35-38-45-52-59-66-79(6)7)76-101-105(94,95)99-72-80(87)71-98-104(92,93)100-75-81(73-96-83(88)67-60-53-46-39-32-27-24-23-26-31-37-44-51-58-65-78(4)5)102-86(91)70-63-56-49-41-34-29-22-19-17-16-18-21-25-30-36-43-50-57-64-77(2)3/h13-15,20,77-82,87H,8-12,16-19,21-76H2,1-7H3,(H,92,93)(H,94,95)/b14-13-,20-15-/t80-,81-,82-/m1/s1. The predicted molar refractivity (Wildman–Crippen MR) is 432 cm³/mol. The van der Waals surface area contributed by atoms with Gasteiger partial charge in [0.05, 0.1) is 26.4 Å². The topological polar surface area (TPSA) is 237 Å². The second-order valence-electron chi connectivity index (χ2n) is 31.7. The van der Waals surface area contributed by atoms with Gasteiger partial charge < -0.3 is 33.8 Å². The lowest BCUT2D eigenvalue weighted by Gasteiger charge is -2.21. The molecule has 17 nitrogen and oxygen atoms in total. The zero-order chi connectivity index (χ0) is 77.2. The Bertz CT molecular complexity index is 2120. The molecule has 0 aliphatic rings. The van der Waals surface area contributed by atoms with E-state index in [1.54, 1.807) is 0 Å². The van der Waals surface area contributed by atoms with Gasteiger partial charge in [0.2, 0.25) is 0 Å². The quantitative estimate of drug-likeness (QED) is 0.0169. The van der Waals surface area contributed by atoms with Crippen LogP contribution in [0.4, 0.5) is 0 Å². The van der Waals surface area contributed by atoms with Gasteiger partial charge in [0, 0.05) is 25.7 Å². The molecule has 105 heavy (non-hydrogen) atoms. The van der Waals surface area contributed by atoms with Gasteiger partial charge in [-0.3, -0.25) is 37.3 Å². The largest absolute Gasteiger partial charge is 0.472 e. The summed E-state index contributed by atoms with van der Waals surface area (Å²) in [5.74, 6) is 0.223. The average molecular weight is 1530 g/mol. The first-order valence-corrected chi connectivity index (χ1v) is 46.7. The zero-order valence-electron chi connectivity index (χ0n) is 68.7. The minimum atomic E-state index is -4.97. The van der Waals surface area contributed by atoms with E-state index in [1.165, 1.54) is 225 Å². The fourth-order valence-corrected chi connectivity index (χ4v) is 14.4. The highest BCUT2D eigenvalue weighted by Gasteiger charge is 2.30. The van der Waals surface area contributed by atoms with E-state index in [1.807, 2.05) is 0 Å². The number of unbranched alkanes of at least 4 members (excludes halogenated alkanes) is 47. The van der Waals surface area contributed by atoms with Crippen molar-refractivity contribution < 1.29 is 80.2 Å². The van der Waals surface area contributed by atoms with Gasteiger partial charge in [0.25, 0.3) is 0 Å². The maximum atomic E-state index is 13.1. The number of allylic oxidation sites excluding steroid dienone is 4. The van der Waals surface area contributed by atoms with Crippen molar-refractivity contribution in [2.24, 2.45) is 17.8 Å². The number of carbonyl (C=O) groups is 4. The molecule has 0 saturated carbocycles. The van der Waals surface area contributed by atoms with Gasteiger partial charge in [-0.1, -0.05) is 375 Å². The lowest BCUT2D eigenvalue weighted by molar-refractivity contribution is -0.161. The molecule has 3 N–H and O–H groups in total. The summed E-state index contributed by atoms with van der Waals surface area (Å²) in [7, 11) is -9.94. The molecule has 0 aromatic carbocycles. The highest BCUT2D eigenvalue weighted by molar-refractivity contribution is 7.47. The average Bonchev–Trinajstić information content (AvgIpc) is 0.928. The van der Waals surface area contributed by atoms with Gasteiger partial charge in [0.1, 0.15) is 19.3 Å². The van der Waals surface area contributed by atoms with Gasteiger partial charge in [-0.05, 0) is 69.1 Å². The van der Waals surface area contributed by atoms with E-state index in [0.29, 0.717) is 25.7 Å². The van der Waals surface area contributed by atoms with Crippen molar-refractivity contribution in [2.45, 2.75) is 446 Å². The Labute approximate surface area is 643 Å². The molecule has 0 rings (SSSR count). The molecule has 0 fully saturated rings. The molecular formula is C86H164O17P2. The van der Waals surface area contributed by atoms with Gasteiger partial charge in [-0.15, -0.1) is 0 Å². The van der Waals surface area contributed by atoms with Crippen LogP contribution < -0.4 is 0 Å². The summed E-state index contributed by atoms with van der Waals surface area (Å²) in [5, 5.41) is 10.7. The highest BCUT2D eigenvalue weighted by atomic mass is 31.2. The molecule has 620 valence electrons. The monoisotopic (exact) mass is 1530 g/mol. The first-order chi connectivity index (χ1) is 50.7. The molecule has 0 radical (unpaired) electrons. The Morgan fingerprint density at radius 1 is 0.295 bits per heavy atom. The number of aliphatic hydroxyl groups is 1. The van der Waals surface area contributed by atoms with Crippen molar-refractivity contribution in [3.63, 3.8) is 0 Å². The Balaban J connectivity index is 5.28. The molecule has 0 aromatic heterocycles. The molecule has 0 aliphatic carbocycles. The van der Waals surface area contributed by atoms with Crippen LogP contribution in [0.1, 0.15) is 427 Å². The van der Waals surface area contributed by atoms with Gasteiger partial charge >= 0.3 is 39.5 Å². The summed E-state index contributed by atoms with van der Waals surface area (Å²) < 4.78 is 68.8. The lowest BCUT2D eigenvalue weighted by Crippen LogP contribution is -2.30.